The van der Waals surface area contributed by atoms with Crippen molar-refractivity contribution in [2.24, 2.45) is 0 Å². The van der Waals surface area contributed by atoms with Gasteiger partial charge in [0, 0.05) is 12.1 Å². The number of hydrogen-bond acceptors (Lipinski definition) is 2. The molecule has 0 aromatic heterocycles. The van der Waals surface area contributed by atoms with E-state index in [9.17, 15) is 4.79 Å². The Labute approximate surface area is 154 Å². The van der Waals surface area contributed by atoms with Crippen LogP contribution in [-0.4, -0.2) is 5.78 Å². The molecule has 1 N–H and O–H groups in total. The van der Waals surface area contributed by atoms with Crippen molar-refractivity contribution in [1.29, 1.82) is 0 Å². The lowest BCUT2D eigenvalue weighted by Crippen LogP contribution is -2.50. The summed E-state index contributed by atoms with van der Waals surface area (Å²) in [5, 5.41) is 3.65. The van der Waals surface area contributed by atoms with E-state index in [1.54, 1.807) is 0 Å². The molecule has 2 nitrogen and oxygen atoms in total. The molecule has 0 amide bonds. The fourth-order valence-corrected chi connectivity index (χ4v) is 4.09. The largest absolute Gasteiger partial charge is 0.297 e. The van der Waals surface area contributed by atoms with Gasteiger partial charge >= 0.3 is 0 Å². The van der Waals surface area contributed by atoms with Crippen LogP contribution in [0.15, 0.2) is 78.9 Å². The zero-order chi connectivity index (χ0) is 18.0. The highest BCUT2D eigenvalue weighted by molar-refractivity contribution is 6.12. The van der Waals surface area contributed by atoms with Crippen LogP contribution in [0.4, 0.5) is 0 Å². The third-order valence-electron chi connectivity index (χ3n) is 5.30. The second-order valence-corrected chi connectivity index (χ2v) is 6.91. The molecule has 1 aliphatic rings. The number of ketones is 1. The van der Waals surface area contributed by atoms with Crippen LogP contribution in [0.3, 0.4) is 0 Å². The van der Waals surface area contributed by atoms with Crippen molar-refractivity contribution in [3.63, 3.8) is 0 Å². The summed E-state index contributed by atoms with van der Waals surface area (Å²) in [5.74, 6) is 0.185. The van der Waals surface area contributed by atoms with Crippen molar-refractivity contribution in [3.05, 3.63) is 95.6 Å². The van der Waals surface area contributed by atoms with E-state index in [-0.39, 0.29) is 5.78 Å². The fraction of sp³-hybridized carbons (Fsp3) is 0.208. The Morgan fingerprint density at radius 2 is 1.38 bits per heavy atom. The van der Waals surface area contributed by atoms with Crippen molar-refractivity contribution < 1.29 is 4.79 Å². The standard InChI is InChI=1S/C24H23NO/c1-2-16-24(25-17-18-10-4-3-5-11-18)22-15-9-8-13-20(22)19-12-6-7-14-21(19)23(24)26/h3-15,25H,2,16-17H2,1H3. The molecule has 1 aliphatic carbocycles. The SMILES string of the molecule is CCCC1(NCc2ccccc2)C(=O)c2ccccc2-c2ccccc21. The topological polar surface area (TPSA) is 29.1 Å². The van der Waals surface area contributed by atoms with E-state index >= 15 is 0 Å². The number of Topliss-reactive ketones (excluding diaryl/α,β-unsaturated/α-hetero) is 1. The summed E-state index contributed by atoms with van der Waals surface area (Å²) in [5.41, 5.74) is 4.64. The van der Waals surface area contributed by atoms with Crippen LogP contribution in [0.2, 0.25) is 0 Å². The van der Waals surface area contributed by atoms with Gasteiger partial charge in [-0.3, -0.25) is 10.1 Å². The number of nitrogens with one attached hydrogen (secondary N) is 1. The predicted molar refractivity (Wildman–Crippen MR) is 106 cm³/mol. The molecule has 0 radical (unpaired) electrons. The highest BCUT2D eigenvalue weighted by Crippen LogP contribution is 2.44. The number of carbonyl (C=O) groups is 1. The smallest absolute Gasteiger partial charge is 0.188 e. The molecular formula is C24H23NO. The molecule has 0 fully saturated rings. The molecule has 130 valence electrons. The molecule has 3 aromatic carbocycles. The molecule has 0 saturated carbocycles. The van der Waals surface area contributed by atoms with E-state index in [0.29, 0.717) is 6.54 Å². The first-order valence-electron chi connectivity index (χ1n) is 9.29. The molecule has 0 bridgehead atoms. The van der Waals surface area contributed by atoms with Gasteiger partial charge in [-0.25, -0.2) is 0 Å². The van der Waals surface area contributed by atoms with Gasteiger partial charge in [0.2, 0.25) is 0 Å². The van der Waals surface area contributed by atoms with Gasteiger partial charge in [-0.2, -0.15) is 0 Å². The quantitative estimate of drug-likeness (QED) is 0.679. The number of hydrogen-bond donors (Lipinski definition) is 1. The first-order valence-corrected chi connectivity index (χ1v) is 9.29. The first kappa shape index (κ1) is 16.7. The van der Waals surface area contributed by atoms with E-state index in [0.717, 1.165) is 35.1 Å². The van der Waals surface area contributed by atoms with Crippen LogP contribution in [-0.2, 0) is 12.1 Å². The normalized spacial score (nSPS) is 18.3. The molecule has 26 heavy (non-hydrogen) atoms. The summed E-state index contributed by atoms with van der Waals surface area (Å²) in [4.78, 5) is 13.7. The summed E-state index contributed by atoms with van der Waals surface area (Å²) < 4.78 is 0. The van der Waals surface area contributed by atoms with Gasteiger partial charge in [-0.15, -0.1) is 0 Å². The lowest BCUT2D eigenvalue weighted by Gasteiger charge is -2.39. The Morgan fingerprint density at radius 3 is 2.12 bits per heavy atom. The Kier molecular flexibility index (Phi) is 4.44. The Bertz CT molecular complexity index is 932. The molecule has 1 unspecified atom stereocenters. The van der Waals surface area contributed by atoms with Crippen LogP contribution in [0, 0.1) is 0 Å². The summed E-state index contributed by atoms with van der Waals surface area (Å²) in [6.45, 7) is 2.81. The summed E-state index contributed by atoms with van der Waals surface area (Å²) in [7, 11) is 0. The van der Waals surface area contributed by atoms with Crippen LogP contribution in [0.5, 0.6) is 0 Å². The van der Waals surface area contributed by atoms with Gasteiger partial charge in [0.25, 0.3) is 0 Å². The molecule has 1 atom stereocenters. The number of fused-ring (bicyclic) bond motifs is 3. The minimum atomic E-state index is -0.671. The van der Waals surface area contributed by atoms with E-state index in [2.05, 4.69) is 48.6 Å². The molecule has 0 saturated heterocycles. The average Bonchev–Trinajstić information content (AvgIpc) is 2.71. The van der Waals surface area contributed by atoms with Gasteiger partial charge in [0.15, 0.2) is 5.78 Å². The van der Waals surface area contributed by atoms with Crippen LogP contribution in [0.1, 0.15) is 41.3 Å². The molecular weight excluding hydrogens is 318 g/mol. The van der Waals surface area contributed by atoms with Gasteiger partial charge in [-0.05, 0) is 28.7 Å². The first-order chi connectivity index (χ1) is 12.8. The zero-order valence-corrected chi connectivity index (χ0v) is 15.0. The summed E-state index contributed by atoms with van der Waals surface area (Å²) in [6.07, 6.45) is 1.72. The highest BCUT2D eigenvalue weighted by Gasteiger charge is 2.44. The molecule has 0 aliphatic heterocycles. The fourth-order valence-electron chi connectivity index (χ4n) is 4.09. The van der Waals surface area contributed by atoms with Crippen molar-refractivity contribution in [3.8, 4) is 11.1 Å². The lowest BCUT2D eigenvalue weighted by atomic mass is 9.70. The van der Waals surface area contributed by atoms with Gasteiger partial charge in [0.1, 0.15) is 5.54 Å². The molecule has 4 rings (SSSR count). The Hall–Kier alpha value is -2.71. The maximum Gasteiger partial charge on any atom is 0.188 e. The minimum Gasteiger partial charge on any atom is -0.297 e. The van der Waals surface area contributed by atoms with Gasteiger partial charge in [-0.1, -0.05) is 92.2 Å². The number of carbonyl (C=O) groups excluding carboxylic acids is 1. The van der Waals surface area contributed by atoms with Crippen molar-refractivity contribution >= 4 is 5.78 Å². The van der Waals surface area contributed by atoms with E-state index in [4.69, 9.17) is 0 Å². The van der Waals surface area contributed by atoms with Crippen LogP contribution < -0.4 is 5.32 Å². The van der Waals surface area contributed by atoms with Crippen molar-refractivity contribution in [2.75, 3.05) is 0 Å². The van der Waals surface area contributed by atoms with Crippen LogP contribution >= 0.6 is 0 Å². The van der Waals surface area contributed by atoms with Gasteiger partial charge in [0.05, 0.1) is 0 Å². The monoisotopic (exact) mass is 341 g/mol. The molecule has 0 spiro atoms. The molecule has 3 aromatic rings. The predicted octanol–water partition coefficient (Wildman–Crippen LogP) is 5.34. The van der Waals surface area contributed by atoms with Crippen molar-refractivity contribution in [1.82, 2.24) is 5.32 Å². The summed E-state index contributed by atoms with van der Waals surface area (Å²) >= 11 is 0. The second-order valence-electron chi connectivity index (χ2n) is 6.91. The van der Waals surface area contributed by atoms with E-state index < -0.39 is 5.54 Å². The molecule has 2 heteroatoms. The Balaban J connectivity index is 1.84. The van der Waals surface area contributed by atoms with Gasteiger partial charge < -0.3 is 0 Å². The molecule has 0 heterocycles. The maximum absolute atomic E-state index is 13.7. The Morgan fingerprint density at radius 1 is 0.769 bits per heavy atom. The minimum absolute atomic E-state index is 0.185. The second kappa shape index (κ2) is 6.89. The van der Waals surface area contributed by atoms with Crippen molar-refractivity contribution in [2.45, 2.75) is 31.8 Å². The maximum atomic E-state index is 13.7. The van der Waals surface area contributed by atoms with Crippen LogP contribution in [0.25, 0.3) is 11.1 Å². The third-order valence-corrected chi connectivity index (χ3v) is 5.30. The lowest BCUT2D eigenvalue weighted by molar-refractivity contribution is 0.0827. The number of benzene rings is 3. The zero-order valence-electron chi connectivity index (χ0n) is 15.0. The average molecular weight is 341 g/mol. The highest BCUT2D eigenvalue weighted by atomic mass is 16.1. The number of rotatable bonds is 5. The van der Waals surface area contributed by atoms with E-state index in [1.165, 1.54) is 5.56 Å². The summed E-state index contributed by atoms with van der Waals surface area (Å²) in [6, 6.07) is 26.6. The van der Waals surface area contributed by atoms with E-state index in [1.807, 2.05) is 42.5 Å². The third kappa shape index (κ3) is 2.67.